The third kappa shape index (κ3) is 3.56. The number of nitrogens with zero attached hydrogens (tertiary/aromatic N) is 1. The minimum Gasteiger partial charge on any atom is -0.379 e. The molecule has 0 unspecified atom stereocenters. The van der Waals surface area contributed by atoms with Gasteiger partial charge in [-0.1, -0.05) is 35.3 Å². The van der Waals surface area contributed by atoms with E-state index in [2.05, 4.69) is 5.32 Å². The first-order valence-corrected chi connectivity index (χ1v) is 6.87. The second-order valence-electron chi connectivity index (χ2n) is 4.66. The van der Waals surface area contributed by atoms with Crippen molar-refractivity contribution in [1.82, 2.24) is 0 Å². The van der Waals surface area contributed by atoms with E-state index in [1.165, 1.54) is 12.1 Å². The zero-order chi connectivity index (χ0) is 14.7. The number of nitrogens with one attached hydrogen (secondary N) is 1. The second-order valence-corrected chi connectivity index (χ2v) is 5.47. The topological polar surface area (TPSA) is 15.3 Å². The summed E-state index contributed by atoms with van der Waals surface area (Å²) in [6.45, 7) is 0.568. The lowest BCUT2D eigenvalue weighted by atomic mass is 10.2. The van der Waals surface area contributed by atoms with Crippen molar-refractivity contribution >= 4 is 34.6 Å². The van der Waals surface area contributed by atoms with Gasteiger partial charge in [0.25, 0.3) is 0 Å². The molecule has 2 aromatic rings. The van der Waals surface area contributed by atoms with Gasteiger partial charge in [-0.3, -0.25) is 0 Å². The van der Waals surface area contributed by atoms with Crippen LogP contribution in [0.1, 0.15) is 5.56 Å². The lowest BCUT2D eigenvalue weighted by Gasteiger charge is -2.14. The largest absolute Gasteiger partial charge is 0.379 e. The molecule has 2 aromatic carbocycles. The molecule has 0 saturated heterocycles. The van der Waals surface area contributed by atoms with E-state index in [-0.39, 0.29) is 10.0 Å². The Morgan fingerprint density at radius 1 is 1.05 bits per heavy atom. The average Bonchev–Trinajstić information content (AvgIpc) is 2.38. The third-order valence-electron chi connectivity index (χ3n) is 2.93. The normalized spacial score (nSPS) is 10.4. The molecule has 0 spiro atoms. The highest BCUT2D eigenvalue weighted by Crippen LogP contribution is 2.31. The van der Waals surface area contributed by atoms with E-state index in [1.54, 1.807) is 0 Å². The molecule has 0 aliphatic rings. The highest BCUT2D eigenvalue weighted by atomic mass is 35.5. The number of rotatable bonds is 4. The molecule has 106 valence electrons. The fraction of sp³-hybridized carbons (Fsp3) is 0.200. The Labute approximate surface area is 128 Å². The predicted molar refractivity (Wildman–Crippen MR) is 84.5 cm³/mol. The van der Waals surface area contributed by atoms with Crippen molar-refractivity contribution in [2.75, 3.05) is 24.3 Å². The quantitative estimate of drug-likeness (QED) is 0.871. The molecule has 0 heterocycles. The van der Waals surface area contributed by atoms with Gasteiger partial charge in [-0.2, -0.15) is 0 Å². The molecule has 1 N–H and O–H groups in total. The van der Waals surface area contributed by atoms with Gasteiger partial charge in [0.2, 0.25) is 0 Å². The molecule has 0 amide bonds. The monoisotopic (exact) mass is 312 g/mol. The van der Waals surface area contributed by atoms with Gasteiger partial charge in [0.1, 0.15) is 5.82 Å². The Balaban J connectivity index is 2.09. The van der Waals surface area contributed by atoms with Crippen LogP contribution in [-0.2, 0) is 6.54 Å². The average molecular weight is 313 g/mol. The van der Waals surface area contributed by atoms with Gasteiger partial charge in [0, 0.05) is 26.3 Å². The molecular formula is C15H15Cl2FN2. The van der Waals surface area contributed by atoms with Gasteiger partial charge in [-0.05, 0) is 29.8 Å². The first-order valence-electron chi connectivity index (χ1n) is 6.12. The van der Waals surface area contributed by atoms with Crippen LogP contribution in [0.15, 0.2) is 36.4 Å². The molecule has 0 fully saturated rings. The van der Waals surface area contributed by atoms with Crippen molar-refractivity contribution in [1.29, 1.82) is 0 Å². The van der Waals surface area contributed by atoms with Crippen molar-refractivity contribution in [3.63, 3.8) is 0 Å². The van der Waals surface area contributed by atoms with Crippen LogP contribution in [-0.4, -0.2) is 14.1 Å². The standard InChI is InChI=1S/C15H15Cl2FN2/c1-20(2)12-5-3-10(4-6-12)9-19-15-13(16)7-11(18)8-14(15)17/h3-8,19H,9H2,1-2H3. The molecule has 0 atom stereocenters. The van der Waals surface area contributed by atoms with Crippen LogP contribution in [0.2, 0.25) is 10.0 Å². The smallest absolute Gasteiger partial charge is 0.126 e. The molecule has 0 aliphatic heterocycles. The lowest BCUT2D eigenvalue weighted by molar-refractivity contribution is 0.628. The summed E-state index contributed by atoms with van der Waals surface area (Å²) in [5.74, 6) is -0.444. The Bertz CT molecular complexity index is 574. The summed E-state index contributed by atoms with van der Waals surface area (Å²) in [6, 6.07) is 10.6. The zero-order valence-electron chi connectivity index (χ0n) is 11.3. The fourth-order valence-electron chi connectivity index (χ4n) is 1.81. The van der Waals surface area contributed by atoms with E-state index in [0.717, 1.165) is 11.3 Å². The summed E-state index contributed by atoms with van der Waals surface area (Å²) < 4.78 is 13.1. The summed E-state index contributed by atoms with van der Waals surface area (Å²) in [5.41, 5.74) is 2.77. The lowest BCUT2D eigenvalue weighted by Crippen LogP contribution is -2.08. The first-order chi connectivity index (χ1) is 9.47. The van der Waals surface area contributed by atoms with Crippen LogP contribution >= 0.6 is 23.2 Å². The molecule has 2 rings (SSSR count). The predicted octanol–water partition coefficient (Wildman–Crippen LogP) is 4.81. The first kappa shape index (κ1) is 14.9. The van der Waals surface area contributed by atoms with Crippen molar-refractivity contribution in [3.8, 4) is 0 Å². The third-order valence-corrected chi connectivity index (χ3v) is 3.53. The fourth-order valence-corrected chi connectivity index (χ4v) is 2.41. The number of hydrogen-bond acceptors (Lipinski definition) is 2. The van der Waals surface area contributed by atoms with E-state index in [1.807, 2.05) is 43.3 Å². The molecule has 5 heteroatoms. The maximum Gasteiger partial charge on any atom is 0.126 e. The van der Waals surface area contributed by atoms with Crippen molar-refractivity contribution < 1.29 is 4.39 Å². The van der Waals surface area contributed by atoms with E-state index in [4.69, 9.17) is 23.2 Å². The Morgan fingerprint density at radius 2 is 1.60 bits per heavy atom. The Hall–Kier alpha value is -1.45. The van der Waals surface area contributed by atoms with Gasteiger partial charge >= 0.3 is 0 Å². The van der Waals surface area contributed by atoms with Crippen molar-refractivity contribution in [2.45, 2.75) is 6.54 Å². The van der Waals surface area contributed by atoms with Crippen LogP contribution in [0, 0.1) is 5.82 Å². The Morgan fingerprint density at radius 3 is 2.10 bits per heavy atom. The van der Waals surface area contributed by atoms with Crippen LogP contribution in [0.25, 0.3) is 0 Å². The number of halogens is 3. The van der Waals surface area contributed by atoms with Gasteiger partial charge in [0.05, 0.1) is 15.7 Å². The Kier molecular flexibility index (Phi) is 4.73. The molecule has 0 bridgehead atoms. The molecule has 0 aliphatic carbocycles. The van der Waals surface area contributed by atoms with Crippen LogP contribution in [0.3, 0.4) is 0 Å². The highest BCUT2D eigenvalue weighted by molar-refractivity contribution is 6.39. The molecular weight excluding hydrogens is 298 g/mol. The molecule has 0 saturated carbocycles. The van der Waals surface area contributed by atoms with Crippen LogP contribution < -0.4 is 10.2 Å². The summed E-state index contributed by atoms with van der Waals surface area (Å²) in [6.07, 6.45) is 0. The van der Waals surface area contributed by atoms with Crippen molar-refractivity contribution in [3.05, 3.63) is 57.8 Å². The van der Waals surface area contributed by atoms with E-state index in [9.17, 15) is 4.39 Å². The van der Waals surface area contributed by atoms with E-state index >= 15 is 0 Å². The second kappa shape index (κ2) is 6.33. The van der Waals surface area contributed by atoms with Crippen LogP contribution in [0.4, 0.5) is 15.8 Å². The molecule has 2 nitrogen and oxygen atoms in total. The van der Waals surface area contributed by atoms with Crippen molar-refractivity contribution in [2.24, 2.45) is 0 Å². The number of anilines is 2. The number of benzene rings is 2. The summed E-state index contributed by atoms with van der Waals surface area (Å²) in [7, 11) is 3.98. The number of hydrogen-bond donors (Lipinski definition) is 1. The maximum absolute atomic E-state index is 13.1. The van der Waals surface area contributed by atoms with Crippen LogP contribution in [0.5, 0.6) is 0 Å². The molecule has 0 aromatic heterocycles. The van der Waals surface area contributed by atoms with Gasteiger partial charge in [-0.15, -0.1) is 0 Å². The maximum atomic E-state index is 13.1. The SMILES string of the molecule is CN(C)c1ccc(CNc2c(Cl)cc(F)cc2Cl)cc1. The summed E-state index contributed by atoms with van der Waals surface area (Å²) in [5, 5.41) is 3.68. The van der Waals surface area contributed by atoms with Gasteiger partial charge in [0.15, 0.2) is 0 Å². The summed E-state index contributed by atoms with van der Waals surface area (Å²) in [4.78, 5) is 2.03. The highest BCUT2D eigenvalue weighted by Gasteiger charge is 2.08. The van der Waals surface area contributed by atoms with E-state index in [0.29, 0.717) is 12.2 Å². The minimum atomic E-state index is -0.444. The van der Waals surface area contributed by atoms with E-state index < -0.39 is 5.82 Å². The summed E-state index contributed by atoms with van der Waals surface area (Å²) >= 11 is 11.9. The zero-order valence-corrected chi connectivity index (χ0v) is 12.8. The van der Waals surface area contributed by atoms with Gasteiger partial charge < -0.3 is 10.2 Å². The van der Waals surface area contributed by atoms with Gasteiger partial charge in [-0.25, -0.2) is 4.39 Å². The molecule has 0 radical (unpaired) electrons. The molecule has 20 heavy (non-hydrogen) atoms. The minimum absolute atomic E-state index is 0.278.